The molecule has 0 aliphatic heterocycles. The highest BCUT2D eigenvalue weighted by molar-refractivity contribution is 7.80. The molecule has 0 unspecified atom stereocenters. The molecule has 0 heterocycles. The van der Waals surface area contributed by atoms with Crippen molar-refractivity contribution in [2.45, 2.75) is 6.18 Å². The third-order valence-electron chi connectivity index (χ3n) is 3.11. The van der Waals surface area contributed by atoms with Gasteiger partial charge in [-0.05, 0) is 42.5 Å². The van der Waals surface area contributed by atoms with Gasteiger partial charge in [0.15, 0.2) is 11.7 Å². The van der Waals surface area contributed by atoms with Crippen molar-refractivity contribution in [3.05, 3.63) is 63.6 Å². The molecule has 0 aliphatic rings. The molecule has 0 fully saturated rings. The van der Waals surface area contributed by atoms with Crippen LogP contribution in [0.4, 0.5) is 18.9 Å². The molecule has 0 aliphatic carbocycles. The summed E-state index contributed by atoms with van der Waals surface area (Å²) in [6, 6.07) is 9.74. The highest BCUT2D eigenvalue weighted by atomic mass is 35.5. The number of carbonyl (C=O) groups is 2. The van der Waals surface area contributed by atoms with E-state index in [9.17, 15) is 22.8 Å². The molecule has 0 spiro atoms. The van der Waals surface area contributed by atoms with Crippen molar-refractivity contribution in [1.29, 1.82) is 0 Å². The quantitative estimate of drug-likeness (QED) is 0.515. The van der Waals surface area contributed by atoms with E-state index in [1.165, 1.54) is 42.5 Å². The van der Waals surface area contributed by atoms with Gasteiger partial charge < -0.3 is 10.1 Å². The van der Waals surface area contributed by atoms with Crippen molar-refractivity contribution in [2.75, 3.05) is 11.9 Å². The molecule has 2 aromatic carbocycles. The maximum atomic E-state index is 12.4. The average Bonchev–Trinajstić information content (AvgIpc) is 2.58. The van der Waals surface area contributed by atoms with Crippen molar-refractivity contribution >= 4 is 58.1 Å². The lowest BCUT2D eigenvalue weighted by molar-refractivity contribution is -0.161. The summed E-state index contributed by atoms with van der Waals surface area (Å²) in [6.45, 7) is -1.77. The van der Waals surface area contributed by atoms with Gasteiger partial charge in [-0.15, -0.1) is 0 Å². The number of ether oxygens (including phenoxy) is 1. The topological polar surface area (TPSA) is 67.4 Å². The monoisotopic (exact) mass is 450 g/mol. The largest absolute Gasteiger partial charge is 0.452 e. The number of carbonyl (C=O) groups excluding carboxylic acids is 2. The van der Waals surface area contributed by atoms with Crippen molar-refractivity contribution in [3.63, 3.8) is 0 Å². The number of rotatable bonds is 4. The summed E-state index contributed by atoms with van der Waals surface area (Å²) in [5.74, 6) is -2.10. The van der Waals surface area contributed by atoms with Gasteiger partial charge in [-0.1, -0.05) is 35.3 Å². The van der Waals surface area contributed by atoms with Crippen LogP contribution in [0.2, 0.25) is 10.0 Å². The number of hydrogen-bond acceptors (Lipinski definition) is 4. The highest BCUT2D eigenvalue weighted by Crippen LogP contribution is 2.22. The third kappa shape index (κ3) is 6.66. The molecule has 28 heavy (non-hydrogen) atoms. The Morgan fingerprint density at radius 2 is 1.61 bits per heavy atom. The molecule has 5 nitrogen and oxygen atoms in total. The summed E-state index contributed by atoms with van der Waals surface area (Å²) >= 11 is 16.7. The van der Waals surface area contributed by atoms with Crippen LogP contribution in [0, 0.1) is 0 Å². The van der Waals surface area contributed by atoms with E-state index >= 15 is 0 Å². The molecule has 2 aromatic rings. The normalized spacial score (nSPS) is 10.9. The molecule has 0 atom stereocenters. The predicted molar refractivity (Wildman–Crippen MR) is 103 cm³/mol. The Hall–Kier alpha value is -2.36. The number of benzene rings is 2. The van der Waals surface area contributed by atoms with Gasteiger partial charge >= 0.3 is 12.1 Å². The molecule has 2 N–H and O–H groups in total. The van der Waals surface area contributed by atoms with Gasteiger partial charge in [0.25, 0.3) is 5.91 Å². The van der Waals surface area contributed by atoms with Crippen LogP contribution in [-0.2, 0) is 4.74 Å². The van der Waals surface area contributed by atoms with Gasteiger partial charge in [-0.3, -0.25) is 10.1 Å². The number of hydrogen-bond donors (Lipinski definition) is 2. The summed E-state index contributed by atoms with van der Waals surface area (Å²) in [5.41, 5.74) is -0.138. The SMILES string of the molecule is O=C(NC(=S)Nc1cc(Cl)cc(Cl)c1)c1ccccc1C(=O)OCC(F)(F)F. The Balaban J connectivity index is 2.09. The fourth-order valence-corrected chi connectivity index (χ4v) is 2.78. The minimum atomic E-state index is -4.68. The molecule has 0 bridgehead atoms. The molecular weight excluding hydrogens is 440 g/mol. The number of thiocarbonyl (C=S) groups is 1. The van der Waals surface area contributed by atoms with Crippen LogP contribution in [0.15, 0.2) is 42.5 Å². The first-order valence-corrected chi connectivity index (χ1v) is 8.63. The van der Waals surface area contributed by atoms with Crippen LogP contribution in [0.3, 0.4) is 0 Å². The number of amides is 1. The van der Waals surface area contributed by atoms with Crippen LogP contribution in [0.5, 0.6) is 0 Å². The lowest BCUT2D eigenvalue weighted by atomic mass is 10.1. The molecule has 1 amide bonds. The van der Waals surface area contributed by atoms with Gasteiger partial charge in [0.05, 0.1) is 11.1 Å². The summed E-state index contributed by atoms with van der Waals surface area (Å²) in [7, 11) is 0. The number of nitrogens with one attached hydrogen (secondary N) is 2. The van der Waals surface area contributed by atoms with Gasteiger partial charge in [0.1, 0.15) is 0 Å². The van der Waals surface area contributed by atoms with Crippen LogP contribution < -0.4 is 10.6 Å². The molecule has 0 aromatic heterocycles. The third-order valence-corrected chi connectivity index (χ3v) is 3.75. The Kier molecular flexibility index (Phi) is 7.22. The van der Waals surface area contributed by atoms with Gasteiger partial charge in [0.2, 0.25) is 0 Å². The van der Waals surface area contributed by atoms with Gasteiger partial charge in [0, 0.05) is 15.7 Å². The maximum absolute atomic E-state index is 12.4. The van der Waals surface area contributed by atoms with Crippen LogP contribution in [0.25, 0.3) is 0 Å². The van der Waals surface area contributed by atoms with E-state index in [0.717, 1.165) is 0 Å². The van der Waals surface area contributed by atoms with Crippen LogP contribution in [-0.4, -0.2) is 29.8 Å². The molecule has 0 saturated heterocycles. The number of esters is 1. The van der Waals surface area contributed by atoms with E-state index in [0.29, 0.717) is 15.7 Å². The molecule has 0 saturated carbocycles. The Morgan fingerprint density at radius 3 is 2.18 bits per heavy atom. The Morgan fingerprint density at radius 1 is 1.04 bits per heavy atom. The highest BCUT2D eigenvalue weighted by Gasteiger charge is 2.30. The standard InChI is InChI=1S/C17H11Cl2F3N2O3S/c18-9-5-10(19)7-11(6-9)23-16(28)24-14(25)12-3-1-2-4-13(12)15(26)27-8-17(20,21)22/h1-7H,8H2,(H2,23,24,25,28). The second-order valence-electron chi connectivity index (χ2n) is 5.30. The van der Waals surface area contributed by atoms with Crippen molar-refractivity contribution in [3.8, 4) is 0 Å². The first-order chi connectivity index (χ1) is 13.0. The summed E-state index contributed by atoms with van der Waals surface area (Å²) < 4.78 is 40.9. The van der Waals surface area contributed by atoms with Gasteiger partial charge in [-0.25, -0.2) is 4.79 Å². The lowest BCUT2D eigenvalue weighted by Gasteiger charge is -2.13. The van der Waals surface area contributed by atoms with E-state index in [1.54, 1.807) is 0 Å². The zero-order chi connectivity index (χ0) is 20.9. The maximum Gasteiger partial charge on any atom is 0.422 e. The minimum Gasteiger partial charge on any atom is -0.452 e. The van der Waals surface area contributed by atoms with Crippen molar-refractivity contribution in [2.24, 2.45) is 0 Å². The predicted octanol–water partition coefficient (Wildman–Crippen LogP) is 4.84. The Labute approximate surface area is 172 Å². The minimum absolute atomic E-state index is 0.137. The van der Waals surface area contributed by atoms with Crippen LogP contribution in [0.1, 0.15) is 20.7 Å². The zero-order valence-electron chi connectivity index (χ0n) is 13.8. The average molecular weight is 451 g/mol. The van der Waals surface area contributed by atoms with Gasteiger partial charge in [-0.2, -0.15) is 13.2 Å². The number of alkyl halides is 3. The molecule has 2 rings (SSSR count). The smallest absolute Gasteiger partial charge is 0.422 e. The van der Waals surface area contributed by atoms with Crippen LogP contribution >= 0.6 is 35.4 Å². The van der Waals surface area contributed by atoms with E-state index in [2.05, 4.69) is 15.4 Å². The number of anilines is 1. The molecular formula is C17H11Cl2F3N2O3S. The van der Waals surface area contributed by atoms with E-state index in [-0.39, 0.29) is 16.2 Å². The summed E-state index contributed by atoms with van der Waals surface area (Å²) in [5, 5.41) is 5.53. The van der Waals surface area contributed by atoms with Crippen molar-refractivity contribution in [1.82, 2.24) is 5.32 Å². The van der Waals surface area contributed by atoms with E-state index < -0.39 is 24.7 Å². The lowest BCUT2D eigenvalue weighted by Crippen LogP contribution is -2.35. The second kappa shape index (κ2) is 9.22. The summed E-state index contributed by atoms with van der Waals surface area (Å²) in [4.78, 5) is 24.3. The summed E-state index contributed by atoms with van der Waals surface area (Å²) in [6.07, 6.45) is -4.68. The van der Waals surface area contributed by atoms with E-state index in [1.807, 2.05) is 0 Å². The molecule has 11 heteroatoms. The fraction of sp³-hybridized carbons (Fsp3) is 0.118. The first kappa shape index (κ1) is 21.9. The Bertz CT molecular complexity index is 903. The van der Waals surface area contributed by atoms with Crippen molar-refractivity contribution < 1.29 is 27.5 Å². The van der Waals surface area contributed by atoms with E-state index in [4.69, 9.17) is 35.4 Å². The fourth-order valence-electron chi connectivity index (χ4n) is 2.04. The number of halogens is 5. The molecule has 148 valence electrons. The molecule has 0 radical (unpaired) electrons. The zero-order valence-corrected chi connectivity index (χ0v) is 16.1. The first-order valence-electron chi connectivity index (χ1n) is 7.46. The second-order valence-corrected chi connectivity index (χ2v) is 6.58.